The SMILES string of the molecule is Cc1cc(C(=O)N2CCC(C(F)(F)F)n3nccc32)c2c(C)nn(C)c2n1. The zero-order valence-corrected chi connectivity index (χ0v) is 14.9. The van der Waals surface area contributed by atoms with Crippen molar-refractivity contribution in [3.63, 3.8) is 0 Å². The van der Waals surface area contributed by atoms with Crippen LogP contribution in [-0.2, 0) is 7.05 Å². The van der Waals surface area contributed by atoms with Gasteiger partial charge in [0, 0.05) is 25.4 Å². The molecule has 0 aromatic carbocycles. The van der Waals surface area contributed by atoms with Crippen LogP contribution in [-0.4, -0.2) is 43.2 Å². The minimum atomic E-state index is -4.42. The van der Waals surface area contributed by atoms with E-state index in [1.54, 1.807) is 31.6 Å². The number of anilines is 1. The summed E-state index contributed by atoms with van der Waals surface area (Å²) in [7, 11) is 1.74. The first-order valence-electron chi connectivity index (χ1n) is 8.41. The zero-order valence-electron chi connectivity index (χ0n) is 14.9. The van der Waals surface area contributed by atoms with Crippen molar-refractivity contribution in [2.75, 3.05) is 11.4 Å². The maximum Gasteiger partial charge on any atom is 0.410 e. The van der Waals surface area contributed by atoms with E-state index >= 15 is 0 Å². The van der Waals surface area contributed by atoms with Crippen molar-refractivity contribution in [2.45, 2.75) is 32.5 Å². The average molecular weight is 378 g/mol. The quantitative estimate of drug-likeness (QED) is 0.653. The molecule has 0 aliphatic carbocycles. The van der Waals surface area contributed by atoms with Crippen LogP contribution in [0.25, 0.3) is 11.0 Å². The molecular formula is C17H17F3N6O. The van der Waals surface area contributed by atoms with Crippen molar-refractivity contribution >= 4 is 22.8 Å². The number of carbonyl (C=O) groups excluding carboxylic acids is 1. The predicted molar refractivity (Wildman–Crippen MR) is 91.6 cm³/mol. The van der Waals surface area contributed by atoms with Crippen molar-refractivity contribution in [3.8, 4) is 0 Å². The maximum absolute atomic E-state index is 13.3. The number of hydrogen-bond acceptors (Lipinski definition) is 4. The Labute approximate surface area is 152 Å². The maximum atomic E-state index is 13.3. The molecule has 0 spiro atoms. The van der Waals surface area contributed by atoms with Crippen molar-refractivity contribution < 1.29 is 18.0 Å². The van der Waals surface area contributed by atoms with Gasteiger partial charge in [0.15, 0.2) is 11.7 Å². The van der Waals surface area contributed by atoms with Crippen LogP contribution in [0.2, 0.25) is 0 Å². The molecule has 0 N–H and O–H groups in total. The Hall–Kier alpha value is -2.91. The van der Waals surface area contributed by atoms with E-state index in [-0.39, 0.29) is 24.7 Å². The number of carbonyl (C=O) groups is 1. The molecule has 7 nitrogen and oxygen atoms in total. The molecule has 142 valence electrons. The normalized spacial score (nSPS) is 17.4. The highest BCUT2D eigenvalue weighted by atomic mass is 19.4. The number of aryl methyl sites for hydroxylation is 3. The van der Waals surface area contributed by atoms with E-state index in [4.69, 9.17) is 0 Å². The summed E-state index contributed by atoms with van der Waals surface area (Å²) in [6.07, 6.45) is -3.39. The smallest absolute Gasteiger partial charge is 0.293 e. The molecule has 0 saturated carbocycles. The second kappa shape index (κ2) is 5.80. The summed E-state index contributed by atoms with van der Waals surface area (Å²) in [4.78, 5) is 19.1. The van der Waals surface area contributed by atoms with Gasteiger partial charge in [0.25, 0.3) is 5.91 Å². The van der Waals surface area contributed by atoms with Gasteiger partial charge < -0.3 is 0 Å². The van der Waals surface area contributed by atoms with Crippen LogP contribution >= 0.6 is 0 Å². The lowest BCUT2D eigenvalue weighted by Crippen LogP contribution is -2.43. The molecule has 0 radical (unpaired) electrons. The number of rotatable bonds is 1. The van der Waals surface area contributed by atoms with Crippen molar-refractivity contribution in [1.29, 1.82) is 0 Å². The summed E-state index contributed by atoms with van der Waals surface area (Å²) in [5.41, 5.74) is 2.21. The second-order valence-electron chi connectivity index (χ2n) is 6.66. The molecule has 10 heteroatoms. The largest absolute Gasteiger partial charge is 0.410 e. The Balaban J connectivity index is 1.82. The lowest BCUT2D eigenvalue weighted by atomic mass is 10.1. The predicted octanol–water partition coefficient (Wildman–Crippen LogP) is 2.94. The van der Waals surface area contributed by atoms with Gasteiger partial charge in [-0.05, 0) is 26.3 Å². The molecule has 1 unspecified atom stereocenters. The van der Waals surface area contributed by atoms with Crippen LogP contribution in [0.5, 0.6) is 0 Å². The van der Waals surface area contributed by atoms with E-state index < -0.39 is 12.2 Å². The van der Waals surface area contributed by atoms with Gasteiger partial charge in [-0.25, -0.2) is 9.67 Å². The lowest BCUT2D eigenvalue weighted by molar-refractivity contribution is -0.172. The number of alkyl halides is 3. The van der Waals surface area contributed by atoms with E-state index in [9.17, 15) is 18.0 Å². The third-order valence-corrected chi connectivity index (χ3v) is 4.80. The fraction of sp³-hybridized carbons (Fsp3) is 0.412. The number of hydrogen-bond donors (Lipinski definition) is 0. The Morgan fingerprint density at radius 2 is 2.04 bits per heavy atom. The van der Waals surface area contributed by atoms with Crippen LogP contribution in [0.4, 0.5) is 19.0 Å². The van der Waals surface area contributed by atoms with Gasteiger partial charge in [-0.15, -0.1) is 0 Å². The van der Waals surface area contributed by atoms with Gasteiger partial charge in [0.1, 0.15) is 5.82 Å². The van der Waals surface area contributed by atoms with Crippen LogP contribution in [0, 0.1) is 13.8 Å². The molecule has 27 heavy (non-hydrogen) atoms. The number of pyridine rings is 1. The summed E-state index contributed by atoms with van der Waals surface area (Å²) in [6.45, 7) is 3.49. The minimum absolute atomic E-state index is 0.0448. The van der Waals surface area contributed by atoms with Crippen molar-refractivity contribution in [1.82, 2.24) is 24.5 Å². The van der Waals surface area contributed by atoms with Crippen molar-refractivity contribution in [2.24, 2.45) is 7.05 Å². The molecular weight excluding hydrogens is 361 g/mol. The molecule has 1 aliphatic heterocycles. The van der Waals surface area contributed by atoms with E-state index in [2.05, 4.69) is 15.2 Å². The van der Waals surface area contributed by atoms with Crippen LogP contribution in [0.15, 0.2) is 18.3 Å². The van der Waals surface area contributed by atoms with Gasteiger partial charge in [-0.1, -0.05) is 0 Å². The van der Waals surface area contributed by atoms with Crippen molar-refractivity contribution in [3.05, 3.63) is 35.3 Å². The van der Waals surface area contributed by atoms with Crippen LogP contribution < -0.4 is 4.90 Å². The molecule has 0 saturated heterocycles. The van der Waals surface area contributed by atoms with Gasteiger partial charge in [0.05, 0.1) is 22.8 Å². The molecule has 1 atom stereocenters. The third-order valence-electron chi connectivity index (χ3n) is 4.80. The summed E-state index contributed by atoms with van der Waals surface area (Å²) >= 11 is 0. The topological polar surface area (TPSA) is 68.8 Å². The summed E-state index contributed by atoms with van der Waals surface area (Å²) in [6, 6.07) is 1.35. The Morgan fingerprint density at radius 1 is 1.30 bits per heavy atom. The van der Waals surface area contributed by atoms with Gasteiger partial charge in [-0.3, -0.25) is 14.4 Å². The molecule has 4 rings (SSSR count). The summed E-state index contributed by atoms with van der Waals surface area (Å²) in [5.74, 6) is -0.248. The summed E-state index contributed by atoms with van der Waals surface area (Å²) in [5, 5.41) is 8.73. The Bertz CT molecular complexity index is 1050. The molecule has 3 aromatic heterocycles. The fourth-order valence-corrected chi connectivity index (χ4v) is 3.64. The minimum Gasteiger partial charge on any atom is -0.293 e. The number of amides is 1. The number of halogens is 3. The number of fused-ring (bicyclic) bond motifs is 2. The van der Waals surface area contributed by atoms with Gasteiger partial charge in [0.2, 0.25) is 0 Å². The van der Waals surface area contributed by atoms with E-state index in [0.29, 0.717) is 28.0 Å². The van der Waals surface area contributed by atoms with E-state index in [1.807, 2.05) is 0 Å². The molecule has 0 fully saturated rings. The van der Waals surface area contributed by atoms with E-state index in [0.717, 1.165) is 4.68 Å². The molecule has 3 aromatic rings. The molecule has 4 heterocycles. The van der Waals surface area contributed by atoms with Gasteiger partial charge in [-0.2, -0.15) is 23.4 Å². The highest BCUT2D eigenvalue weighted by molar-refractivity contribution is 6.13. The fourth-order valence-electron chi connectivity index (χ4n) is 3.64. The van der Waals surface area contributed by atoms with E-state index in [1.165, 1.54) is 17.2 Å². The summed E-state index contributed by atoms with van der Waals surface area (Å²) < 4.78 is 42.3. The zero-order chi connectivity index (χ0) is 19.5. The first-order valence-corrected chi connectivity index (χ1v) is 8.41. The molecule has 1 amide bonds. The second-order valence-corrected chi connectivity index (χ2v) is 6.66. The van der Waals surface area contributed by atoms with Crippen LogP contribution in [0.3, 0.4) is 0 Å². The highest BCUT2D eigenvalue weighted by Gasteiger charge is 2.46. The molecule has 1 aliphatic rings. The average Bonchev–Trinajstić information content (AvgIpc) is 3.17. The Morgan fingerprint density at radius 3 is 2.74 bits per heavy atom. The first-order chi connectivity index (χ1) is 12.7. The number of nitrogens with zero attached hydrogens (tertiary/aromatic N) is 6. The monoisotopic (exact) mass is 378 g/mol. The van der Waals surface area contributed by atoms with Gasteiger partial charge >= 0.3 is 6.18 Å². The standard InChI is InChI=1S/C17H17F3N6O/c1-9-8-11(14-10(2)23-24(3)15(14)22-9)16(27)25-7-5-12(17(18,19)20)26-13(25)4-6-21-26/h4,6,8,12H,5,7H2,1-3H3. The highest BCUT2D eigenvalue weighted by Crippen LogP contribution is 2.39. The first kappa shape index (κ1) is 17.5. The van der Waals surface area contributed by atoms with Crippen LogP contribution in [0.1, 0.15) is 34.2 Å². The number of aromatic nitrogens is 5. The Kier molecular flexibility index (Phi) is 3.76. The molecule has 0 bridgehead atoms. The lowest BCUT2D eigenvalue weighted by Gasteiger charge is -2.34. The third kappa shape index (κ3) is 2.66.